The van der Waals surface area contributed by atoms with Gasteiger partial charge in [0.05, 0.1) is 5.52 Å². The number of aromatic nitrogens is 1. The van der Waals surface area contributed by atoms with Crippen LogP contribution < -0.4 is 10.3 Å². The molecule has 0 bridgehead atoms. The highest BCUT2D eigenvalue weighted by molar-refractivity contribution is 5.84. The van der Waals surface area contributed by atoms with E-state index in [-0.39, 0.29) is 18.0 Å². The number of H-pyrrole nitrogens is 1. The Morgan fingerprint density at radius 2 is 1.80 bits per heavy atom. The van der Waals surface area contributed by atoms with Crippen molar-refractivity contribution in [2.75, 3.05) is 0 Å². The SMILES string of the molecule is O=c1cc(OCc2ccc(F)cc2)c2ccccc2[nH]1. The molecule has 0 atom stereocenters. The molecule has 0 aliphatic carbocycles. The van der Waals surface area contributed by atoms with Crippen molar-refractivity contribution in [3.63, 3.8) is 0 Å². The standard InChI is InChI=1S/C16H12FNO2/c17-12-7-5-11(6-8-12)10-20-15-9-16(19)18-14-4-2-1-3-13(14)15/h1-9H,10H2,(H,18,19). The second-order valence-corrected chi connectivity index (χ2v) is 4.46. The van der Waals surface area contributed by atoms with Crippen molar-refractivity contribution in [1.82, 2.24) is 4.98 Å². The molecule has 0 unspecified atom stereocenters. The fourth-order valence-electron chi connectivity index (χ4n) is 2.03. The number of ether oxygens (including phenoxy) is 1. The van der Waals surface area contributed by atoms with Gasteiger partial charge in [0.15, 0.2) is 0 Å². The zero-order valence-corrected chi connectivity index (χ0v) is 10.6. The van der Waals surface area contributed by atoms with Crippen molar-refractivity contribution in [2.24, 2.45) is 0 Å². The van der Waals surface area contributed by atoms with Gasteiger partial charge in [-0.15, -0.1) is 0 Å². The molecule has 20 heavy (non-hydrogen) atoms. The van der Waals surface area contributed by atoms with Crippen molar-refractivity contribution in [3.8, 4) is 5.75 Å². The lowest BCUT2D eigenvalue weighted by Crippen LogP contribution is -2.06. The van der Waals surface area contributed by atoms with Crippen molar-refractivity contribution in [2.45, 2.75) is 6.61 Å². The van der Waals surface area contributed by atoms with Crippen molar-refractivity contribution >= 4 is 10.9 Å². The van der Waals surface area contributed by atoms with Crippen LogP contribution in [0.1, 0.15) is 5.56 Å². The largest absolute Gasteiger partial charge is 0.488 e. The molecule has 1 N–H and O–H groups in total. The van der Waals surface area contributed by atoms with E-state index in [4.69, 9.17) is 4.74 Å². The molecule has 1 heterocycles. The zero-order chi connectivity index (χ0) is 13.9. The zero-order valence-electron chi connectivity index (χ0n) is 10.6. The lowest BCUT2D eigenvalue weighted by Gasteiger charge is -2.09. The molecule has 3 aromatic rings. The molecule has 0 fully saturated rings. The van der Waals surface area contributed by atoms with Gasteiger partial charge in [-0.05, 0) is 29.8 Å². The predicted octanol–water partition coefficient (Wildman–Crippen LogP) is 3.25. The number of hydrogen-bond donors (Lipinski definition) is 1. The Morgan fingerprint density at radius 3 is 2.60 bits per heavy atom. The maximum Gasteiger partial charge on any atom is 0.252 e. The van der Waals surface area contributed by atoms with Gasteiger partial charge in [0.1, 0.15) is 18.2 Å². The highest BCUT2D eigenvalue weighted by Gasteiger charge is 2.04. The summed E-state index contributed by atoms with van der Waals surface area (Å²) in [6.07, 6.45) is 0. The molecule has 0 aliphatic heterocycles. The van der Waals surface area contributed by atoms with Crippen LogP contribution in [-0.2, 0) is 6.61 Å². The summed E-state index contributed by atoms with van der Waals surface area (Å²) >= 11 is 0. The van der Waals surface area contributed by atoms with Crippen LogP contribution >= 0.6 is 0 Å². The van der Waals surface area contributed by atoms with Crippen LogP contribution in [0.2, 0.25) is 0 Å². The summed E-state index contributed by atoms with van der Waals surface area (Å²) in [5.41, 5.74) is 1.36. The Kier molecular flexibility index (Phi) is 3.21. The minimum atomic E-state index is -0.282. The van der Waals surface area contributed by atoms with Gasteiger partial charge in [0.25, 0.3) is 5.56 Å². The summed E-state index contributed by atoms with van der Waals surface area (Å²) < 4.78 is 18.5. The van der Waals surface area contributed by atoms with Crippen LogP contribution in [-0.4, -0.2) is 4.98 Å². The Morgan fingerprint density at radius 1 is 1.05 bits per heavy atom. The predicted molar refractivity (Wildman–Crippen MR) is 75.3 cm³/mol. The first kappa shape index (κ1) is 12.4. The fourth-order valence-corrected chi connectivity index (χ4v) is 2.03. The Bertz CT molecular complexity index is 793. The summed E-state index contributed by atoms with van der Waals surface area (Å²) in [4.78, 5) is 14.3. The monoisotopic (exact) mass is 269 g/mol. The molecule has 0 amide bonds. The molecular formula is C16H12FNO2. The average molecular weight is 269 g/mol. The highest BCUT2D eigenvalue weighted by atomic mass is 19.1. The van der Waals surface area contributed by atoms with E-state index in [9.17, 15) is 9.18 Å². The van der Waals surface area contributed by atoms with Crippen molar-refractivity contribution in [3.05, 3.63) is 76.3 Å². The molecule has 0 radical (unpaired) electrons. The molecule has 0 saturated heterocycles. The van der Waals surface area contributed by atoms with Gasteiger partial charge in [0.2, 0.25) is 0 Å². The summed E-state index contributed by atoms with van der Waals surface area (Å²) in [7, 11) is 0. The van der Waals surface area contributed by atoms with E-state index in [0.29, 0.717) is 5.75 Å². The summed E-state index contributed by atoms with van der Waals surface area (Å²) in [6, 6.07) is 14.9. The molecule has 1 aromatic heterocycles. The first-order valence-corrected chi connectivity index (χ1v) is 6.22. The van der Waals surface area contributed by atoms with E-state index in [1.165, 1.54) is 18.2 Å². The van der Waals surface area contributed by atoms with Crippen LogP contribution in [0.4, 0.5) is 4.39 Å². The Labute approximate surface area is 114 Å². The first-order chi connectivity index (χ1) is 9.72. The summed E-state index contributed by atoms with van der Waals surface area (Å²) in [5.74, 6) is 0.240. The van der Waals surface area contributed by atoms with Gasteiger partial charge >= 0.3 is 0 Å². The lowest BCUT2D eigenvalue weighted by atomic mass is 10.2. The third-order valence-electron chi connectivity index (χ3n) is 3.02. The minimum absolute atomic E-state index is 0.210. The van der Waals surface area contributed by atoms with Gasteiger partial charge in [0, 0.05) is 11.5 Å². The smallest absolute Gasteiger partial charge is 0.252 e. The maximum atomic E-state index is 12.8. The second kappa shape index (κ2) is 5.17. The third kappa shape index (κ3) is 2.54. The Balaban J connectivity index is 1.90. The van der Waals surface area contributed by atoms with Crippen LogP contribution in [0.3, 0.4) is 0 Å². The van der Waals surface area contributed by atoms with Crippen LogP contribution in [0.25, 0.3) is 10.9 Å². The molecule has 0 spiro atoms. The topological polar surface area (TPSA) is 42.1 Å². The highest BCUT2D eigenvalue weighted by Crippen LogP contribution is 2.22. The molecule has 100 valence electrons. The van der Waals surface area contributed by atoms with Crippen molar-refractivity contribution < 1.29 is 9.13 Å². The van der Waals surface area contributed by atoms with Gasteiger partial charge < -0.3 is 9.72 Å². The number of aromatic amines is 1. The van der Waals surface area contributed by atoms with Gasteiger partial charge in [-0.2, -0.15) is 0 Å². The molecule has 3 nitrogen and oxygen atoms in total. The van der Waals surface area contributed by atoms with Gasteiger partial charge in [-0.25, -0.2) is 4.39 Å². The number of pyridine rings is 1. The lowest BCUT2D eigenvalue weighted by molar-refractivity contribution is 0.309. The number of benzene rings is 2. The molecule has 3 rings (SSSR count). The minimum Gasteiger partial charge on any atom is -0.488 e. The number of fused-ring (bicyclic) bond motifs is 1. The third-order valence-corrected chi connectivity index (χ3v) is 3.02. The Hall–Kier alpha value is -2.62. The molecule has 2 aromatic carbocycles. The van der Waals surface area contributed by atoms with Crippen LogP contribution in [0.5, 0.6) is 5.75 Å². The normalized spacial score (nSPS) is 10.7. The second-order valence-electron chi connectivity index (χ2n) is 4.46. The van der Waals surface area contributed by atoms with Crippen molar-refractivity contribution in [1.29, 1.82) is 0 Å². The number of rotatable bonds is 3. The quantitative estimate of drug-likeness (QED) is 0.793. The van der Waals surface area contributed by atoms with E-state index in [2.05, 4.69) is 4.98 Å². The number of halogens is 1. The summed E-state index contributed by atoms with van der Waals surface area (Å²) in [6.45, 7) is 0.285. The molecule has 0 aliphatic rings. The first-order valence-electron chi connectivity index (χ1n) is 6.22. The fraction of sp³-hybridized carbons (Fsp3) is 0.0625. The molecule has 4 heteroatoms. The summed E-state index contributed by atoms with van der Waals surface area (Å²) in [5, 5.41) is 0.842. The van der Waals surface area contributed by atoms with E-state index in [1.54, 1.807) is 12.1 Å². The number of para-hydroxylation sites is 1. The van der Waals surface area contributed by atoms with Gasteiger partial charge in [-0.1, -0.05) is 24.3 Å². The van der Waals surface area contributed by atoms with E-state index in [1.807, 2.05) is 24.3 Å². The number of hydrogen-bond acceptors (Lipinski definition) is 2. The van der Waals surface area contributed by atoms with Crippen LogP contribution in [0.15, 0.2) is 59.4 Å². The molecular weight excluding hydrogens is 257 g/mol. The van der Waals surface area contributed by atoms with Gasteiger partial charge in [-0.3, -0.25) is 4.79 Å². The molecule has 0 saturated carbocycles. The van der Waals surface area contributed by atoms with E-state index >= 15 is 0 Å². The maximum absolute atomic E-state index is 12.8. The van der Waals surface area contributed by atoms with E-state index < -0.39 is 0 Å². The number of nitrogens with one attached hydrogen (secondary N) is 1. The van der Waals surface area contributed by atoms with Crippen LogP contribution in [0, 0.1) is 5.82 Å². The van der Waals surface area contributed by atoms with E-state index in [0.717, 1.165) is 16.5 Å². The average Bonchev–Trinajstić information content (AvgIpc) is 2.46.